The number of rotatable bonds is 18. The predicted octanol–water partition coefficient (Wildman–Crippen LogP) is 4.67. The van der Waals surface area contributed by atoms with Crippen LogP contribution in [0.4, 0.5) is 0 Å². The Morgan fingerprint density at radius 1 is 0.554 bits per heavy atom. The van der Waals surface area contributed by atoms with Gasteiger partial charge in [0.2, 0.25) is 11.6 Å². The first-order chi connectivity index (χ1) is 35.2. The number of methoxy groups -OCH3 is 4. The van der Waals surface area contributed by atoms with Crippen molar-refractivity contribution in [2.45, 2.75) is 50.4 Å². The van der Waals surface area contributed by atoms with Crippen LogP contribution in [0.25, 0.3) is 34.5 Å². The molecule has 0 bridgehead atoms. The zero-order valence-corrected chi connectivity index (χ0v) is 42.7. The Morgan fingerprint density at radius 2 is 0.878 bits per heavy atom. The van der Waals surface area contributed by atoms with E-state index in [0.29, 0.717) is 57.4 Å². The molecule has 0 aliphatic heterocycles. The number of nitriles is 2. The van der Waals surface area contributed by atoms with Crippen molar-refractivity contribution in [1.29, 1.82) is 10.5 Å². The lowest BCUT2D eigenvalue weighted by atomic mass is 10.1. The summed E-state index contributed by atoms with van der Waals surface area (Å²) < 4.78 is 89.9. The van der Waals surface area contributed by atoms with Crippen molar-refractivity contribution in [3.8, 4) is 69.7 Å². The lowest BCUT2D eigenvalue weighted by Crippen LogP contribution is -2.34. The van der Waals surface area contributed by atoms with E-state index in [-0.39, 0.29) is 46.1 Å². The summed E-state index contributed by atoms with van der Waals surface area (Å²) in [5.41, 5.74) is -2.73. The minimum atomic E-state index is -4.02. The highest BCUT2D eigenvalue weighted by Crippen LogP contribution is 2.39. The van der Waals surface area contributed by atoms with E-state index < -0.39 is 53.9 Å². The molecule has 24 nitrogen and oxygen atoms in total. The van der Waals surface area contributed by atoms with Gasteiger partial charge in [0.05, 0.1) is 51.1 Å². The first-order valence-corrected chi connectivity index (χ1v) is 25.6. The number of nitrogens with zero attached hydrogens (tertiary/aromatic N) is 12. The highest BCUT2D eigenvalue weighted by molar-refractivity contribution is 7.90. The first kappa shape index (κ1) is 53.2. The maximum absolute atomic E-state index is 13.3. The molecule has 0 radical (unpaired) electrons. The molecule has 2 aromatic carbocycles. The normalized spacial score (nSPS) is 13.1. The lowest BCUT2D eigenvalue weighted by Gasteiger charge is -2.21. The molecule has 2 atom stereocenters. The fraction of sp³-hybridized carbons (Fsp3) is 0.292. The molecule has 26 heteroatoms. The van der Waals surface area contributed by atoms with E-state index in [1.54, 1.807) is 74.5 Å². The van der Waals surface area contributed by atoms with Gasteiger partial charge in [-0.25, -0.2) is 36.8 Å². The number of para-hydroxylation sites is 2. The van der Waals surface area contributed by atoms with Gasteiger partial charge >= 0.3 is 0 Å². The SMILES string of the molecule is COc1cccc(OC)c1-n1c(CS(=O)(=O)C[C@@](C)(O)c2ncc(C#N)cn2)nnc1-c1ccc(C)o1.COc1cccc(OC)c1-n1c(CS(=O)(=O)C[C@](C)(O)c2ncc(C#N)cn2)nnc1-c1ccc(C)o1. The van der Waals surface area contributed by atoms with Crippen LogP contribution < -0.4 is 18.9 Å². The molecule has 8 rings (SSSR count). The van der Waals surface area contributed by atoms with Crippen LogP contribution in [0.1, 0.15) is 59.8 Å². The summed E-state index contributed by atoms with van der Waals surface area (Å²) >= 11 is 0. The van der Waals surface area contributed by atoms with Crippen LogP contribution in [-0.2, 0) is 42.4 Å². The van der Waals surface area contributed by atoms with Gasteiger partial charge in [-0.1, -0.05) is 12.1 Å². The highest BCUT2D eigenvalue weighted by Gasteiger charge is 2.37. The number of ether oxygens (including phenoxy) is 4. The summed E-state index contributed by atoms with van der Waals surface area (Å²) in [5.74, 6) is 1.24. The van der Waals surface area contributed by atoms with Crippen LogP contribution in [0.15, 0.2) is 94.3 Å². The molecule has 384 valence electrons. The van der Waals surface area contributed by atoms with Crippen LogP contribution in [0.3, 0.4) is 0 Å². The smallest absolute Gasteiger partial charge is 0.204 e. The van der Waals surface area contributed by atoms with Crippen molar-refractivity contribution in [3.63, 3.8) is 0 Å². The number of sulfone groups is 2. The fourth-order valence-electron chi connectivity index (χ4n) is 7.63. The predicted molar refractivity (Wildman–Crippen MR) is 261 cm³/mol. The molecule has 0 saturated carbocycles. The van der Waals surface area contributed by atoms with Crippen LogP contribution in [0, 0.1) is 36.5 Å². The van der Waals surface area contributed by atoms with Crippen molar-refractivity contribution >= 4 is 19.7 Å². The van der Waals surface area contributed by atoms with Gasteiger partial charge in [0.15, 0.2) is 54.5 Å². The second-order valence-corrected chi connectivity index (χ2v) is 20.9. The van der Waals surface area contributed by atoms with E-state index >= 15 is 0 Å². The van der Waals surface area contributed by atoms with Crippen LogP contribution in [-0.4, -0.2) is 116 Å². The quantitative estimate of drug-likeness (QED) is 0.118. The van der Waals surface area contributed by atoms with Crippen molar-refractivity contribution in [3.05, 3.63) is 131 Å². The Bertz CT molecular complexity index is 3330. The van der Waals surface area contributed by atoms with Crippen LogP contribution in [0.5, 0.6) is 23.0 Å². The van der Waals surface area contributed by atoms with Gasteiger partial charge in [-0.05, 0) is 76.2 Å². The molecule has 6 aromatic heterocycles. The molecule has 0 unspecified atom stereocenters. The number of aromatic nitrogens is 10. The molecule has 6 heterocycles. The fourth-order valence-corrected chi connectivity index (χ4v) is 11.0. The molecule has 0 aliphatic rings. The highest BCUT2D eigenvalue weighted by atomic mass is 32.2. The maximum atomic E-state index is 13.3. The third-order valence-electron chi connectivity index (χ3n) is 10.9. The van der Waals surface area contributed by atoms with E-state index in [9.17, 15) is 27.0 Å². The zero-order chi connectivity index (χ0) is 53.6. The Kier molecular flexibility index (Phi) is 15.6. The number of hydrogen-bond acceptors (Lipinski definition) is 22. The summed E-state index contributed by atoms with van der Waals surface area (Å²) in [6.07, 6.45) is 4.86. The van der Waals surface area contributed by atoms with Crippen LogP contribution in [0.2, 0.25) is 0 Å². The number of aryl methyl sites for hydroxylation is 2. The largest absolute Gasteiger partial charge is 0.494 e. The van der Waals surface area contributed by atoms with Gasteiger partial charge < -0.3 is 38.0 Å². The summed E-state index contributed by atoms with van der Waals surface area (Å²) in [6, 6.07) is 20.9. The molecule has 74 heavy (non-hydrogen) atoms. The molecule has 8 aromatic rings. The summed E-state index contributed by atoms with van der Waals surface area (Å²) in [6.45, 7) is 6.12. The molecular weight excluding hydrogens is 1000 g/mol. The molecule has 0 saturated heterocycles. The molecule has 0 fully saturated rings. The Labute approximate surface area is 424 Å². The van der Waals surface area contributed by atoms with Gasteiger partial charge in [0, 0.05) is 24.8 Å². The summed E-state index contributed by atoms with van der Waals surface area (Å²) in [7, 11) is -2.13. The van der Waals surface area contributed by atoms with E-state index in [4.69, 9.17) is 38.3 Å². The van der Waals surface area contributed by atoms with Crippen molar-refractivity contribution in [1.82, 2.24) is 49.5 Å². The molecule has 0 spiro atoms. The van der Waals surface area contributed by atoms with Crippen LogP contribution >= 0.6 is 0 Å². The monoisotopic (exact) mass is 1050 g/mol. The number of benzene rings is 2. The third-order valence-corrected chi connectivity index (χ3v) is 14.3. The summed E-state index contributed by atoms with van der Waals surface area (Å²) in [4.78, 5) is 15.8. The third kappa shape index (κ3) is 11.7. The van der Waals surface area contributed by atoms with E-state index in [1.807, 2.05) is 12.1 Å². The number of hydrogen-bond donors (Lipinski definition) is 2. The molecular formula is C48H48N12O12S2. The van der Waals surface area contributed by atoms with Gasteiger partial charge in [0.1, 0.15) is 80.7 Å². The van der Waals surface area contributed by atoms with Crippen molar-refractivity contribution in [2.24, 2.45) is 0 Å². The van der Waals surface area contributed by atoms with Gasteiger partial charge in [0.25, 0.3) is 0 Å². The van der Waals surface area contributed by atoms with Crippen molar-refractivity contribution < 1.29 is 54.8 Å². The van der Waals surface area contributed by atoms with Gasteiger partial charge in [-0.2, -0.15) is 10.5 Å². The average molecular weight is 1050 g/mol. The minimum Gasteiger partial charge on any atom is -0.494 e. The zero-order valence-electron chi connectivity index (χ0n) is 41.1. The second kappa shape index (κ2) is 21.7. The van der Waals surface area contributed by atoms with E-state index in [0.717, 1.165) is 0 Å². The summed E-state index contributed by atoms with van der Waals surface area (Å²) in [5, 5.41) is 56.4. The molecule has 0 aliphatic carbocycles. The van der Waals surface area contributed by atoms with Gasteiger partial charge in [-0.3, -0.25) is 9.13 Å². The Balaban J connectivity index is 0.000000216. The Morgan fingerprint density at radius 3 is 1.15 bits per heavy atom. The minimum absolute atomic E-state index is 0.0448. The first-order valence-electron chi connectivity index (χ1n) is 21.9. The maximum Gasteiger partial charge on any atom is 0.204 e. The molecule has 0 amide bonds. The topological polar surface area (TPSA) is 332 Å². The second-order valence-electron chi connectivity index (χ2n) is 16.8. The van der Waals surface area contributed by atoms with E-state index in [2.05, 4.69) is 40.3 Å². The average Bonchev–Trinajstić information content (AvgIpc) is 4.19. The molecule has 2 N–H and O–H groups in total. The van der Waals surface area contributed by atoms with E-state index in [1.165, 1.54) is 76.2 Å². The number of furan rings is 2. The lowest BCUT2D eigenvalue weighted by molar-refractivity contribution is 0.0714. The standard InChI is InChI=1S/2C24H24N6O6S/c2*1-15-8-9-19(36-15)22-29-28-20(30(22)21-17(34-3)6-5-7-18(21)35-4)13-37(32,33)14-24(2,31)23-26-11-16(10-25)12-27-23/h2*5-9,11-12,31H,13-14H2,1-4H3/t2*24-/m10/s1. The Hall–Kier alpha value is -8.56. The number of aliphatic hydroxyl groups is 2. The van der Waals surface area contributed by atoms with Crippen molar-refractivity contribution in [2.75, 3.05) is 39.9 Å². The van der Waals surface area contributed by atoms with Gasteiger partial charge in [-0.15, -0.1) is 20.4 Å².